The van der Waals surface area contributed by atoms with Crippen molar-refractivity contribution >= 4 is 11.5 Å². The third kappa shape index (κ3) is 2.21. The summed E-state index contributed by atoms with van der Waals surface area (Å²) in [7, 11) is 2.06. The lowest BCUT2D eigenvalue weighted by atomic mass is 10.1. The largest absolute Gasteiger partial charge is 0.316 e. The molecule has 0 saturated heterocycles. The van der Waals surface area contributed by atoms with Crippen molar-refractivity contribution in [3.63, 3.8) is 0 Å². The molecule has 0 aromatic carbocycles. The molecule has 0 radical (unpaired) electrons. The Bertz CT molecular complexity index is 341. The van der Waals surface area contributed by atoms with Crippen LogP contribution in [0.5, 0.6) is 0 Å². The summed E-state index contributed by atoms with van der Waals surface area (Å²) in [5, 5.41) is 4.63. The van der Waals surface area contributed by atoms with Gasteiger partial charge in [-0.05, 0) is 50.2 Å². The van der Waals surface area contributed by atoms with Crippen LogP contribution >= 0.6 is 11.5 Å². The average molecular weight is 223 g/mol. The molecule has 0 bridgehead atoms. The lowest BCUT2D eigenvalue weighted by Crippen LogP contribution is -2.29. The molecule has 3 rings (SSSR count). The van der Waals surface area contributed by atoms with Crippen LogP contribution in [0.1, 0.15) is 42.4 Å². The lowest BCUT2D eigenvalue weighted by molar-refractivity contribution is 0.499. The number of rotatable bonds is 5. The summed E-state index contributed by atoms with van der Waals surface area (Å²) in [4.78, 5) is 4.64. The molecule has 2 aliphatic carbocycles. The van der Waals surface area contributed by atoms with Gasteiger partial charge in [0.1, 0.15) is 10.8 Å². The Morgan fingerprint density at radius 3 is 2.80 bits per heavy atom. The minimum absolute atomic E-state index is 0.630. The van der Waals surface area contributed by atoms with E-state index in [1.165, 1.54) is 30.7 Å². The zero-order valence-corrected chi connectivity index (χ0v) is 9.89. The fraction of sp³-hybridized carbons (Fsp3) is 0.818. The number of nitrogens with one attached hydrogen (secondary N) is 1. The number of nitrogens with zero attached hydrogens (tertiary/aromatic N) is 2. The topological polar surface area (TPSA) is 37.8 Å². The van der Waals surface area contributed by atoms with Crippen LogP contribution in [0.25, 0.3) is 0 Å². The summed E-state index contributed by atoms with van der Waals surface area (Å²) >= 11 is 1.61. The molecule has 2 aliphatic rings. The Hall–Kier alpha value is -0.480. The van der Waals surface area contributed by atoms with Gasteiger partial charge in [-0.1, -0.05) is 0 Å². The highest BCUT2D eigenvalue weighted by atomic mass is 32.1. The van der Waals surface area contributed by atoms with Crippen LogP contribution in [0.15, 0.2) is 0 Å². The monoisotopic (exact) mass is 223 g/mol. The highest BCUT2D eigenvalue weighted by molar-refractivity contribution is 7.05. The van der Waals surface area contributed by atoms with Crippen LogP contribution in [0.3, 0.4) is 0 Å². The van der Waals surface area contributed by atoms with Gasteiger partial charge < -0.3 is 5.32 Å². The van der Waals surface area contributed by atoms with Gasteiger partial charge in [-0.3, -0.25) is 0 Å². The molecule has 1 heterocycles. The lowest BCUT2D eigenvalue weighted by Gasteiger charge is -2.12. The van der Waals surface area contributed by atoms with Crippen molar-refractivity contribution < 1.29 is 0 Å². The van der Waals surface area contributed by atoms with Crippen molar-refractivity contribution in [2.75, 3.05) is 7.05 Å². The molecule has 1 N–H and O–H groups in total. The summed E-state index contributed by atoms with van der Waals surface area (Å²) in [5.41, 5.74) is 0. The SMILES string of the molecule is CNC(Cc1nc(C2CC2)ns1)C1CC1. The first-order valence-corrected chi connectivity index (χ1v) is 6.64. The van der Waals surface area contributed by atoms with Crippen LogP contribution in [0.4, 0.5) is 0 Å². The molecule has 0 amide bonds. The summed E-state index contributed by atoms with van der Waals surface area (Å²) in [6.07, 6.45) is 6.45. The van der Waals surface area contributed by atoms with Crippen molar-refractivity contribution in [2.24, 2.45) is 5.92 Å². The standard InChI is InChI=1S/C11H17N3S/c1-12-9(7-2-3-7)6-10-13-11(14-15-10)8-4-5-8/h7-9,12H,2-6H2,1H3. The van der Waals surface area contributed by atoms with Crippen molar-refractivity contribution in [3.05, 3.63) is 10.8 Å². The predicted molar refractivity (Wildman–Crippen MR) is 61.2 cm³/mol. The molecule has 82 valence electrons. The zero-order chi connectivity index (χ0) is 10.3. The molecular formula is C11H17N3S. The van der Waals surface area contributed by atoms with Gasteiger partial charge in [0.25, 0.3) is 0 Å². The maximum Gasteiger partial charge on any atom is 0.145 e. The van der Waals surface area contributed by atoms with Gasteiger partial charge in [-0.25, -0.2) is 4.98 Å². The molecule has 0 aliphatic heterocycles. The Balaban J connectivity index is 1.64. The smallest absolute Gasteiger partial charge is 0.145 e. The van der Waals surface area contributed by atoms with Crippen LogP contribution < -0.4 is 5.32 Å². The maximum atomic E-state index is 4.64. The van der Waals surface area contributed by atoms with E-state index in [1.54, 1.807) is 11.5 Å². The summed E-state index contributed by atoms with van der Waals surface area (Å²) < 4.78 is 4.45. The Morgan fingerprint density at radius 1 is 1.40 bits per heavy atom. The first kappa shape index (κ1) is 9.73. The van der Waals surface area contributed by atoms with Crippen molar-refractivity contribution in [2.45, 2.75) is 44.1 Å². The number of likely N-dealkylation sites (N-methyl/N-ethyl adjacent to an activating group) is 1. The maximum absolute atomic E-state index is 4.64. The van der Waals surface area contributed by atoms with E-state index < -0.39 is 0 Å². The second-order valence-corrected chi connectivity index (χ2v) is 5.59. The Kier molecular flexibility index (Phi) is 2.48. The average Bonchev–Trinajstić information content (AvgIpc) is 3.14. The molecule has 4 heteroatoms. The van der Waals surface area contributed by atoms with E-state index in [-0.39, 0.29) is 0 Å². The summed E-state index contributed by atoms with van der Waals surface area (Å²) in [6, 6.07) is 0.630. The Morgan fingerprint density at radius 2 is 2.20 bits per heavy atom. The molecule has 3 nitrogen and oxygen atoms in total. The first-order valence-electron chi connectivity index (χ1n) is 5.86. The predicted octanol–water partition coefficient (Wildman–Crippen LogP) is 1.96. The van der Waals surface area contributed by atoms with E-state index >= 15 is 0 Å². The van der Waals surface area contributed by atoms with Crippen LogP contribution in [-0.2, 0) is 6.42 Å². The van der Waals surface area contributed by atoms with Gasteiger partial charge in [-0.15, -0.1) is 0 Å². The van der Waals surface area contributed by atoms with Gasteiger partial charge in [0, 0.05) is 18.4 Å². The molecule has 1 atom stereocenters. The zero-order valence-electron chi connectivity index (χ0n) is 9.07. The van der Waals surface area contributed by atoms with Crippen molar-refractivity contribution in [1.29, 1.82) is 0 Å². The van der Waals surface area contributed by atoms with E-state index in [0.717, 1.165) is 18.2 Å². The van der Waals surface area contributed by atoms with Gasteiger partial charge in [0.05, 0.1) is 0 Å². The minimum atomic E-state index is 0.630. The quantitative estimate of drug-likeness (QED) is 0.829. The minimum Gasteiger partial charge on any atom is -0.316 e. The van der Waals surface area contributed by atoms with Gasteiger partial charge in [0.15, 0.2) is 0 Å². The second kappa shape index (κ2) is 3.83. The Labute approximate surface area is 94.5 Å². The molecule has 1 unspecified atom stereocenters. The van der Waals surface area contributed by atoms with Gasteiger partial charge in [-0.2, -0.15) is 4.37 Å². The number of hydrogen-bond donors (Lipinski definition) is 1. The second-order valence-electron chi connectivity index (χ2n) is 4.76. The van der Waals surface area contributed by atoms with Crippen LogP contribution in [0, 0.1) is 5.92 Å². The molecule has 2 saturated carbocycles. The van der Waals surface area contributed by atoms with E-state index in [9.17, 15) is 0 Å². The number of aromatic nitrogens is 2. The van der Waals surface area contributed by atoms with E-state index in [1.807, 2.05) is 0 Å². The van der Waals surface area contributed by atoms with Crippen molar-refractivity contribution in [3.8, 4) is 0 Å². The first-order chi connectivity index (χ1) is 7.36. The third-order valence-corrected chi connectivity index (χ3v) is 4.13. The van der Waals surface area contributed by atoms with E-state index in [2.05, 4.69) is 21.7 Å². The molecule has 0 spiro atoms. The summed E-state index contributed by atoms with van der Waals surface area (Å²) in [5.74, 6) is 2.70. The fourth-order valence-corrected chi connectivity index (χ4v) is 2.83. The summed E-state index contributed by atoms with van der Waals surface area (Å²) in [6.45, 7) is 0. The van der Waals surface area contributed by atoms with Gasteiger partial charge >= 0.3 is 0 Å². The fourth-order valence-electron chi connectivity index (χ4n) is 2.05. The highest BCUT2D eigenvalue weighted by Crippen LogP contribution is 2.39. The van der Waals surface area contributed by atoms with Crippen LogP contribution in [-0.4, -0.2) is 22.4 Å². The number of hydrogen-bond acceptors (Lipinski definition) is 4. The van der Waals surface area contributed by atoms with Gasteiger partial charge in [0.2, 0.25) is 0 Å². The van der Waals surface area contributed by atoms with E-state index in [4.69, 9.17) is 0 Å². The normalized spacial score (nSPS) is 23.0. The highest BCUT2D eigenvalue weighted by Gasteiger charge is 2.32. The molecule has 1 aromatic heterocycles. The van der Waals surface area contributed by atoms with Crippen molar-refractivity contribution in [1.82, 2.24) is 14.7 Å². The third-order valence-electron chi connectivity index (χ3n) is 3.38. The molecule has 15 heavy (non-hydrogen) atoms. The molecular weight excluding hydrogens is 206 g/mol. The molecule has 1 aromatic rings. The van der Waals surface area contributed by atoms with E-state index in [0.29, 0.717) is 12.0 Å². The van der Waals surface area contributed by atoms with Crippen LogP contribution in [0.2, 0.25) is 0 Å². The molecule has 2 fully saturated rings.